The van der Waals surface area contributed by atoms with E-state index in [1.165, 1.54) is 0 Å². The van der Waals surface area contributed by atoms with Crippen molar-refractivity contribution >= 4 is 5.91 Å². The smallest absolute Gasteiger partial charge is 0.232 e. The Morgan fingerprint density at radius 3 is 2.73 bits per heavy atom. The van der Waals surface area contributed by atoms with Gasteiger partial charge in [0.05, 0.1) is 5.92 Å². The van der Waals surface area contributed by atoms with Crippen molar-refractivity contribution in [3.05, 3.63) is 11.7 Å². The molecule has 1 atom stereocenters. The van der Waals surface area contributed by atoms with Crippen molar-refractivity contribution in [3.63, 3.8) is 0 Å². The Balaban J connectivity index is 1.84. The number of likely N-dealkylation sites (tertiary alicyclic amines) is 1. The number of hydrogen-bond donors (Lipinski definition) is 0. The highest BCUT2D eigenvalue weighted by Crippen LogP contribution is 2.49. The molecule has 3 rings (SSSR count). The first kappa shape index (κ1) is 15.5. The lowest BCUT2D eigenvalue weighted by atomic mass is 9.72. The zero-order chi connectivity index (χ0) is 15.7. The fourth-order valence-corrected chi connectivity index (χ4v) is 3.72. The molecule has 0 aromatic carbocycles. The number of aryl methyl sites for hydroxylation is 1. The van der Waals surface area contributed by atoms with Crippen LogP contribution in [-0.2, 0) is 9.53 Å². The van der Waals surface area contributed by atoms with Crippen molar-refractivity contribution in [1.29, 1.82) is 0 Å². The van der Waals surface area contributed by atoms with Gasteiger partial charge in [0.2, 0.25) is 11.8 Å². The summed E-state index contributed by atoms with van der Waals surface area (Å²) in [7, 11) is 0. The molecule has 1 aromatic rings. The molecule has 2 saturated heterocycles. The van der Waals surface area contributed by atoms with Crippen molar-refractivity contribution in [3.8, 4) is 0 Å². The van der Waals surface area contributed by atoms with Crippen molar-refractivity contribution in [2.45, 2.75) is 46.0 Å². The van der Waals surface area contributed by atoms with Gasteiger partial charge in [-0.15, -0.1) is 0 Å². The predicted octanol–water partition coefficient (Wildman–Crippen LogP) is 2.15. The van der Waals surface area contributed by atoms with E-state index >= 15 is 0 Å². The van der Waals surface area contributed by atoms with Crippen LogP contribution in [0.4, 0.5) is 0 Å². The average molecular weight is 307 g/mol. The van der Waals surface area contributed by atoms with E-state index in [9.17, 15) is 4.79 Å². The van der Waals surface area contributed by atoms with E-state index in [1.807, 2.05) is 11.8 Å². The Morgan fingerprint density at radius 1 is 1.41 bits per heavy atom. The van der Waals surface area contributed by atoms with Gasteiger partial charge >= 0.3 is 0 Å². The Kier molecular flexibility index (Phi) is 4.21. The van der Waals surface area contributed by atoms with Crippen LogP contribution < -0.4 is 0 Å². The highest BCUT2D eigenvalue weighted by Gasteiger charge is 2.51. The maximum Gasteiger partial charge on any atom is 0.232 e. The first-order valence-electron chi connectivity index (χ1n) is 8.16. The third-order valence-electron chi connectivity index (χ3n) is 4.91. The number of hydrogen-bond acceptors (Lipinski definition) is 5. The Labute approximate surface area is 131 Å². The second kappa shape index (κ2) is 5.99. The van der Waals surface area contributed by atoms with Gasteiger partial charge in [-0.2, -0.15) is 4.98 Å². The summed E-state index contributed by atoms with van der Waals surface area (Å²) in [5.74, 6) is 2.08. The number of ether oxygens (including phenoxy) is 1. The van der Waals surface area contributed by atoms with Gasteiger partial charge in [-0.05, 0) is 25.7 Å². The molecule has 6 nitrogen and oxygen atoms in total. The maximum absolute atomic E-state index is 12.5. The highest BCUT2D eigenvalue weighted by atomic mass is 16.5. The van der Waals surface area contributed by atoms with Gasteiger partial charge in [0.15, 0.2) is 5.82 Å². The zero-order valence-electron chi connectivity index (χ0n) is 13.7. The third-order valence-corrected chi connectivity index (χ3v) is 4.91. The lowest BCUT2D eigenvalue weighted by Crippen LogP contribution is -2.37. The standard InChI is InChI=1S/C16H25N3O3/c1-11(2)8-14(20)19-9-13(15-17-12(3)18-22-15)16(10-19)4-6-21-7-5-16/h11,13H,4-10H2,1-3H3/t13-/m0/s1. The Morgan fingerprint density at radius 2 is 2.14 bits per heavy atom. The largest absolute Gasteiger partial charge is 0.381 e. The summed E-state index contributed by atoms with van der Waals surface area (Å²) in [6.45, 7) is 8.96. The van der Waals surface area contributed by atoms with Crippen LogP contribution in [0.2, 0.25) is 0 Å². The van der Waals surface area contributed by atoms with Gasteiger partial charge in [-0.3, -0.25) is 4.79 Å². The van der Waals surface area contributed by atoms with Gasteiger partial charge in [-0.1, -0.05) is 19.0 Å². The molecule has 0 saturated carbocycles. The molecule has 0 radical (unpaired) electrons. The fourth-order valence-electron chi connectivity index (χ4n) is 3.72. The summed E-state index contributed by atoms with van der Waals surface area (Å²) < 4.78 is 11.0. The van der Waals surface area contributed by atoms with E-state index in [0.29, 0.717) is 30.6 Å². The van der Waals surface area contributed by atoms with Gasteiger partial charge in [0.25, 0.3) is 0 Å². The van der Waals surface area contributed by atoms with Crippen LogP contribution in [0.25, 0.3) is 0 Å². The van der Waals surface area contributed by atoms with E-state index in [0.717, 1.165) is 32.6 Å². The molecule has 122 valence electrons. The third kappa shape index (κ3) is 2.89. The molecule has 1 amide bonds. The van der Waals surface area contributed by atoms with Crippen LogP contribution in [0.1, 0.15) is 50.7 Å². The molecule has 1 aromatic heterocycles. The molecule has 0 unspecified atom stereocenters. The van der Waals surface area contributed by atoms with Gasteiger partial charge in [0.1, 0.15) is 0 Å². The maximum atomic E-state index is 12.5. The number of carbonyl (C=O) groups excluding carboxylic acids is 1. The van der Waals surface area contributed by atoms with Crippen LogP contribution in [0, 0.1) is 18.3 Å². The lowest BCUT2D eigenvalue weighted by molar-refractivity contribution is -0.131. The number of nitrogens with zero attached hydrogens (tertiary/aromatic N) is 3. The summed E-state index contributed by atoms with van der Waals surface area (Å²) in [4.78, 5) is 18.9. The van der Waals surface area contributed by atoms with Crippen molar-refractivity contribution in [1.82, 2.24) is 15.0 Å². The van der Waals surface area contributed by atoms with E-state index < -0.39 is 0 Å². The number of rotatable bonds is 3. The molecular formula is C16H25N3O3. The zero-order valence-corrected chi connectivity index (χ0v) is 13.7. The molecule has 6 heteroatoms. The van der Waals surface area contributed by atoms with Gasteiger partial charge < -0.3 is 14.2 Å². The van der Waals surface area contributed by atoms with Crippen LogP contribution >= 0.6 is 0 Å². The van der Waals surface area contributed by atoms with Gasteiger partial charge in [-0.25, -0.2) is 0 Å². The lowest BCUT2D eigenvalue weighted by Gasteiger charge is -2.36. The monoisotopic (exact) mass is 307 g/mol. The fraction of sp³-hybridized carbons (Fsp3) is 0.812. The summed E-state index contributed by atoms with van der Waals surface area (Å²) in [5, 5.41) is 3.94. The Bertz CT molecular complexity index is 534. The van der Waals surface area contributed by atoms with E-state index in [-0.39, 0.29) is 17.2 Å². The summed E-state index contributed by atoms with van der Waals surface area (Å²) in [6, 6.07) is 0. The van der Waals surface area contributed by atoms with Crippen LogP contribution in [-0.4, -0.2) is 47.3 Å². The molecule has 0 N–H and O–H groups in total. The van der Waals surface area contributed by atoms with Crippen LogP contribution in [0.15, 0.2) is 4.52 Å². The molecule has 2 aliphatic heterocycles. The quantitative estimate of drug-likeness (QED) is 0.856. The van der Waals surface area contributed by atoms with Crippen molar-refractivity contribution in [2.75, 3.05) is 26.3 Å². The van der Waals surface area contributed by atoms with E-state index in [4.69, 9.17) is 9.26 Å². The molecule has 22 heavy (non-hydrogen) atoms. The summed E-state index contributed by atoms with van der Waals surface area (Å²) >= 11 is 0. The summed E-state index contributed by atoms with van der Waals surface area (Å²) in [5.41, 5.74) is 0.0316. The molecule has 3 heterocycles. The van der Waals surface area contributed by atoms with E-state index in [2.05, 4.69) is 24.0 Å². The first-order valence-corrected chi connectivity index (χ1v) is 8.16. The van der Waals surface area contributed by atoms with Crippen molar-refractivity contribution < 1.29 is 14.1 Å². The number of amides is 1. The minimum Gasteiger partial charge on any atom is -0.381 e. The molecular weight excluding hydrogens is 282 g/mol. The molecule has 2 fully saturated rings. The van der Waals surface area contributed by atoms with Crippen molar-refractivity contribution in [2.24, 2.45) is 11.3 Å². The topological polar surface area (TPSA) is 68.5 Å². The van der Waals surface area contributed by atoms with Crippen LogP contribution in [0.3, 0.4) is 0 Å². The molecule has 0 bridgehead atoms. The highest BCUT2D eigenvalue weighted by molar-refractivity contribution is 5.77. The van der Waals surface area contributed by atoms with Crippen LogP contribution in [0.5, 0.6) is 0 Å². The Hall–Kier alpha value is -1.43. The average Bonchev–Trinajstić information content (AvgIpc) is 3.03. The minimum atomic E-state index is 0.0316. The number of aromatic nitrogens is 2. The molecule has 2 aliphatic rings. The predicted molar refractivity (Wildman–Crippen MR) is 80.3 cm³/mol. The first-order chi connectivity index (χ1) is 10.5. The SMILES string of the molecule is Cc1noc([C@@H]2CN(C(=O)CC(C)C)CC23CCOCC3)n1. The molecule has 1 spiro atoms. The number of carbonyl (C=O) groups is 1. The minimum absolute atomic E-state index is 0.0316. The molecule has 0 aliphatic carbocycles. The second-order valence-electron chi connectivity index (χ2n) is 7.08. The second-order valence-corrected chi connectivity index (χ2v) is 7.08. The normalized spacial score (nSPS) is 24.4. The van der Waals surface area contributed by atoms with E-state index in [1.54, 1.807) is 0 Å². The summed E-state index contributed by atoms with van der Waals surface area (Å²) in [6.07, 6.45) is 2.50. The van der Waals surface area contributed by atoms with Gasteiger partial charge in [0, 0.05) is 38.1 Å².